The average molecular weight is 522 g/mol. The fourth-order valence-corrected chi connectivity index (χ4v) is 5.66. The van der Waals surface area contributed by atoms with E-state index in [0.717, 1.165) is 44.0 Å². The fourth-order valence-electron chi connectivity index (χ4n) is 5.66. The Morgan fingerprint density at radius 3 is 2.26 bits per heavy atom. The van der Waals surface area contributed by atoms with E-state index < -0.39 is 0 Å². The molecule has 3 aromatic carbocycles. The van der Waals surface area contributed by atoms with Gasteiger partial charge in [0.25, 0.3) is 5.91 Å². The highest BCUT2D eigenvalue weighted by Gasteiger charge is 2.38. The molecule has 0 aliphatic carbocycles. The molecule has 0 radical (unpaired) electrons. The topological polar surface area (TPSA) is 45.2 Å². The molecule has 1 amide bonds. The number of hydrogen-bond acceptors (Lipinski definition) is 5. The lowest BCUT2D eigenvalue weighted by atomic mass is 9.88. The van der Waals surface area contributed by atoms with E-state index in [1.807, 2.05) is 23.1 Å². The molecule has 0 N–H and O–H groups in total. The Bertz CT molecular complexity index is 1260. The standard InChI is InChI=1S/C30H33F2N3O3/c1-37-28-11-6-22(17-29(28)38-2)30(36)35-19-23(27(20-35)21-4-3-5-25(32)16-21)18-33-12-14-34(15-13-33)26-9-7-24(31)8-10-26/h3-11,16-17,23,27H,12-15,18-20H2,1-2H3/t23-,27-/m1/s1. The molecule has 0 saturated carbocycles. The first-order chi connectivity index (χ1) is 18.4. The number of ether oxygens (including phenoxy) is 2. The number of amides is 1. The minimum absolute atomic E-state index is 0.0323. The lowest BCUT2D eigenvalue weighted by Crippen LogP contribution is -2.48. The second kappa shape index (κ2) is 11.4. The number of carbonyl (C=O) groups is 1. The van der Waals surface area contributed by atoms with Crippen LogP contribution in [0.25, 0.3) is 0 Å². The lowest BCUT2D eigenvalue weighted by molar-refractivity contribution is 0.0782. The minimum atomic E-state index is -0.265. The van der Waals surface area contributed by atoms with Crippen molar-refractivity contribution in [2.75, 3.05) is 64.9 Å². The van der Waals surface area contributed by atoms with E-state index in [-0.39, 0.29) is 29.4 Å². The number of carbonyl (C=O) groups excluding carboxylic acids is 1. The predicted octanol–water partition coefficient (Wildman–Crippen LogP) is 4.66. The van der Waals surface area contributed by atoms with Crippen molar-refractivity contribution in [2.45, 2.75) is 5.92 Å². The molecule has 200 valence electrons. The van der Waals surface area contributed by atoms with Crippen LogP contribution in [0.15, 0.2) is 66.7 Å². The predicted molar refractivity (Wildman–Crippen MR) is 143 cm³/mol. The fraction of sp³-hybridized carbons (Fsp3) is 0.367. The number of piperazine rings is 1. The normalized spacial score (nSPS) is 20.0. The van der Waals surface area contributed by atoms with Gasteiger partial charge in [0, 0.05) is 63.0 Å². The van der Waals surface area contributed by atoms with E-state index >= 15 is 0 Å². The molecule has 8 heteroatoms. The van der Waals surface area contributed by atoms with Crippen LogP contribution in [0, 0.1) is 17.6 Å². The largest absolute Gasteiger partial charge is 0.493 e. The van der Waals surface area contributed by atoms with Gasteiger partial charge in [-0.1, -0.05) is 12.1 Å². The van der Waals surface area contributed by atoms with Crippen LogP contribution in [0.3, 0.4) is 0 Å². The Hall–Kier alpha value is -3.65. The van der Waals surface area contributed by atoms with Gasteiger partial charge in [-0.15, -0.1) is 0 Å². The number of anilines is 1. The van der Waals surface area contributed by atoms with Crippen molar-refractivity contribution >= 4 is 11.6 Å². The molecule has 2 saturated heterocycles. The molecule has 0 unspecified atom stereocenters. The summed E-state index contributed by atoms with van der Waals surface area (Å²) in [5, 5.41) is 0. The molecule has 2 aliphatic rings. The van der Waals surface area contributed by atoms with Gasteiger partial charge in [-0.05, 0) is 66.1 Å². The van der Waals surface area contributed by atoms with Crippen molar-refractivity contribution in [2.24, 2.45) is 5.92 Å². The van der Waals surface area contributed by atoms with Crippen molar-refractivity contribution in [3.8, 4) is 11.5 Å². The molecule has 0 bridgehead atoms. The summed E-state index contributed by atoms with van der Waals surface area (Å²) < 4.78 is 38.2. The van der Waals surface area contributed by atoms with Crippen molar-refractivity contribution in [3.63, 3.8) is 0 Å². The van der Waals surface area contributed by atoms with Crippen LogP contribution in [0.1, 0.15) is 21.8 Å². The van der Waals surface area contributed by atoms with E-state index in [1.165, 1.54) is 18.2 Å². The molecule has 0 spiro atoms. The van der Waals surface area contributed by atoms with Gasteiger partial charge in [0.2, 0.25) is 0 Å². The third-order valence-electron chi connectivity index (χ3n) is 7.69. The highest BCUT2D eigenvalue weighted by atomic mass is 19.1. The highest BCUT2D eigenvalue weighted by molar-refractivity contribution is 5.95. The van der Waals surface area contributed by atoms with E-state index in [0.29, 0.717) is 30.2 Å². The molecule has 6 nitrogen and oxygen atoms in total. The maximum atomic E-state index is 14.2. The molecule has 5 rings (SSSR count). The highest BCUT2D eigenvalue weighted by Crippen LogP contribution is 2.36. The Kier molecular flexibility index (Phi) is 7.79. The Morgan fingerprint density at radius 1 is 0.842 bits per heavy atom. The third kappa shape index (κ3) is 5.60. The number of hydrogen-bond donors (Lipinski definition) is 0. The Morgan fingerprint density at radius 2 is 1.58 bits per heavy atom. The monoisotopic (exact) mass is 521 g/mol. The first kappa shape index (κ1) is 26.0. The molecule has 38 heavy (non-hydrogen) atoms. The van der Waals surface area contributed by atoms with Gasteiger partial charge in [0.15, 0.2) is 11.5 Å². The zero-order valence-corrected chi connectivity index (χ0v) is 21.8. The minimum Gasteiger partial charge on any atom is -0.493 e. The van der Waals surface area contributed by atoms with Gasteiger partial charge >= 0.3 is 0 Å². The van der Waals surface area contributed by atoms with Gasteiger partial charge in [0.1, 0.15) is 11.6 Å². The van der Waals surface area contributed by atoms with Crippen LogP contribution in [-0.4, -0.2) is 75.7 Å². The van der Waals surface area contributed by atoms with Crippen molar-refractivity contribution in [1.29, 1.82) is 0 Å². The van der Waals surface area contributed by atoms with Crippen molar-refractivity contribution < 1.29 is 23.0 Å². The number of rotatable bonds is 7. The number of likely N-dealkylation sites (tertiary alicyclic amines) is 1. The van der Waals surface area contributed by atoms with Crippen molar-refractivity contribution in [1.82, 2.24) is 9.80 Å². The molecule has 2 heterocycles. The van der Waals surface area contributed by atoms with E-state index in [4.69, 9.17) is 9.47 Å². The zero-order valence-electron chi connectivity index (χ0n) is 21.8. The first-order valence-corrected chi connectivity index (χ1v) is 12.9. The smallest absolute Gasteiger partial charge is 0.254 e. The number of nitrogens with zero attached hydrogens (tertiary/aromatic N) is 3. The maximum absolute atomic E-state index is 14.2. The summed E-state index contributed by atoms with van der Waals surface area (Å²) in [4.78, 5) is 20.1. The second-order valence-corrected chi connectivity index (χ2v) is 9.97. The van der Waals surface area contributed by atoms with Crippen LogP contribution in [0.4, 0.5) is 14.5 Å². The number of halogens is 2. The van der Waals surface area contributed by atoms with Gasteiger partial charge in [-0.25, -0.2) is 8.78 Å². The molecule has 2 atom stereocenters. The molecular formula is C30H33F2N3O3. The van der Waals surface area contributed by atoms with Crippen LogP contribution >= 0.6 is 0 Å². The molecule has 2 aliphatic heterocycles. The average Bonchev–Trinajstić information content (AvgIpc) is 3.37. The van der Waals surface area contributed by atoms with Crippen LogP contribution in [0.5, 0.6) is 11.5 Å². The molecular weight excluding hydrogens is 488 g/mol. The van der Waals surface area contributed by atoms with Crippen LogP contribution in [-0.2, 0) is 0 Å². The summed E-state index contributed by atoms with van der Waals surface area (Å²) in [7, 11) is 3.11. The van der Waals surface area contributed by atoms with E-state index in [9.17, 15) is 13.6 Å². The van der Waals surface area contributed by atoms with Gasteiger partial charge in [-0.3, -0.25) is 9.69 Å². The number of benzene rings is 3. The first-order valence-electron chi connectivity index (χ1n) is 12.9. The van der Waals surface area contributed by atoms with Gasteiger partial charge < -0.3 is 19.3 Å². The Labute approximate surface area is 222 Å². The third-order valence-corrected chi connectivity index (χ3v) is 7.69. The molecule has 3 aromatic rings. The summed E-state index contributed by atoms with van der Waals surface area (Å²) in [6.07, 6.45) is 0. The van der Waals surface area contributed by atoms with Crippen molar-refractivity contribution in [3.05, 3.63) is 89.5 Å². The second-order valence-electron chi connectivity index (χ2n) is 9.97. The number of methoxy groups -OCH3 is 2. The van der Waals surface area contributed by atoms with Gasteiger partial charge in [-0.2, -0.15) is 0 Å². The summed E-state index contributed by atoms with van der Waals surface area (Å²) in [5.41, 5.74) is 2.48. The molecule has 2 fully saturated rings. The SMILES string of the molecule is COc1ccc(C(=O)N2C[C@@H](CN3CCN(c4ccc(F)cc4)CC3)[C@@H](c3cccc(F)c3)C2)cc1OC. The zero-order chi connectivity index (χ0) is 26.6. The van der Waals surface area contributed by atoms with Crippen LogP contribution < -0.4 is 14.4 Å². The summed E-state index contributed by atoms with van der Waals surface area (Å²) in [6, 6.07) is 18.6. The Balaban J connectivity index is 1.30. The van der Waals surface area contributed by atoms with Gasteiger partial charge in [0.05, 0.1) is 14.2 Å². The van der Waals surface area contributed by atoms with E-state index in [1.54, 1.807) is 44.6 Å². The maximum Gasteiger partial charge on any atom is 0.254 e. The summed E-state index contributed by atoms with van der Waals surface area (Å²) in [6.45, 7) is 5.35. The quantitative estimate of drug-likeness (QED) is 0.453. The molecule has 0 aromatic heterocycles. The summed E-state index contributed by atoms with van der Waals surface area (Å²) in [5.74, 6) is 0.706. The summed E-state index contributed by atoms with van der Waals surface area (Å²) >= 11 is 0. The van der Waals surface area contributed by atoms with E-state index in [2.05, 4.69) is 9.80 Å². The lowest BCUT2D eigenvalue weighted by Gasteiger charge is -2.37. The van der Waals surface area contributed by atoms with Crippen LogP contribution in [0.2, 0.25) is 0 Å².